The number of para-hydroxylation sites is 1. The van der Waals surface area contributed by atoms with Gasteiger partial charge >= 0.3 is 0 Å². The van der Waals surface area contributed by atoms with Crippen molar-refractivity contribution < 1.29 is 9.72 Å². The van der Waals surface area contributed by atoms with Crippen molar-refractivity contribution in [1.82, 2.24) is 4.90 Å². The summed E-state index contributed by atoms with van der Waals surface area (Å²) in [7, 11) is 0. The highest BCUT2D eigenvalue weighted by Gasteiger charge is 2.44. The zero-order valence-electron chi connectivity index (χ0n) is 15.5. The molecule has 0 heterocycles. The van der Waals surface area contributed by atoms with Gasteiger partial charge in [-0.2, -0.15) is 0 Å². The summed E-state index contributed by atoms with van der Waals surface area (Å²) in [5.41, 5.74) is 7.11. The summed E-state index contributed by atoms with van der Waals surface area (Å²) in [4.78, 5) is 26.2. The molecule has 2 unspecified atom stereocenters. The first-order valence-corrected chi connectivity index (χ1v) is 9.83. The molecule has 27 heavy (non-hydrogen) atoms. The van der Waals surface area contributed by atoms with Gasteiger partial charge in [-0.3, -0.25) is 14.9 Å². The van der Waals surface area contributed by atoms with E-state index in [-0.39, 0.29) is 46.9 Å². The molecule has 3 aliphatic carbocycles. The fourth-order valence-corrected chi connectivity index (χ4v) is 5.00. The Morgan fingerprint density at radius 2 is 1.78 bits per heavy atom. The summed E-state index contributed by atoms with van der Waals surface area (Å²) in [5, 5.41) is 11.3. The van der Waals surface area contributed by atoms with Crippen LogP contribution in [0.4, 0.5) is 5.69 Å². The zero-order chi connectivity index (χ0) is 18.3. The zero-order valence-corrected chi connectivity index (χ0v) is 16.3. The lowest BCUT2D eigenvalue weighted by Crippen LogP contribution is -2.50. The molecule has 0 aliphatic heterocycles. The van der Waals surface area contributed by atoms with E-state index in [2.05, 4.69) is 0 Å². The van der Waals surface area contributed by atoms with Gasteiger partial charge in [-0.15, -0.1) is 12.4 Å². The van der Waals surface area contributed by atoms with Crippen LogP contribution < -0.4 is 5.73 Å². The van der Waals surface area contributed by atoms with Crippen LogP contribution in [0, 0.1) is 27.9 Å². The Bertz CT molecular complexity index is 695. The topological polar surface area (TPSA) is 89.5 Å². The summed E-state index contributed by atoms with van der Waals surface area (Å²) in [6, 6.07) is 7.27. The van der Waals surface area contributed by atoms with E-state index < -0.39 is 0 Å². The molecule has 0 spiro atoms. The highest BCUT2D eigenvalue weighted by molar-refractivity contribution is 5.85. The van der Waals surface area contributed by atoms with Gasteiger partial charge < -0.3 is 10.6 Å². The minimum Gasteiger partial charge on any atom is -0.335 e. The monoisotopic (exact) mass is 393 g/mol. The third-order valence-corrected chi connectivity index (χ3v) is 6.56. The average Bonchev–Trinajstić information content (AvgIpc) is 3.44. The molecule has 7 heteroatoms. The molecular weight excluding hydrogens is 366 g/mol. The predicted octanol–water partition coefficient (Wildman–Crippen LogP) is 3.66. The molecule has 2 bridgehead atoms. The number of hydrogen-bond acceptors (Lipinski definition) is 4. The Hall–Kier alpha value is -1.66. The van der Waals surface area contributed by atoms with Crippen molar-refractivity contribution in [2.45, 2.75) is 63.6 Å². The Labute approximate surface area is 166 Å². The number of nitro groups is 1. The van der Waals surface area contributed by atoms with Crippen LogP contribution in [0.2, 0.25) is 0 Å². The van der Waals surface area contributed by atoms with E-state index in [9.17, 15) is 14.9 Å². The lowest BCUT2D eigenvalue weighted by Gasteiger charge is -2.44. The highest BCUT2D eigenvalue weighted by atomic mass is 35.5. The Morgan fingerprint density at radius 1 is 1.15 bits per heavy atom. The van der Waals surface area contributed by atoms with E-state index in [0.717, 1.165) is 38.5 Å². The second-order valence-electron chi connectivity index (χ2n) is 8.28. The second kappa shape index (κ2) is 8.15. The number of amides is 1. The van der Waals surface area contributed by atoms with E-state index in [1.165, 1.54) is 12.5 Å². The van der Waals surface area contributed by atoms with Gasteiger partial charge in [-0.05, 0) is 50.4 Å². The van der Waals surface area contributed by atoms with Crippen molar-refractivity contribution in [2.24, 2.45) is 23.5 Å². The number of carbonyl (C=O) groups excluding carboxylic acids is 1. The van der Waals surface area contributed by atoms with Crippen LogP contribution in [0.5, 0.6) is 0 Å². The molecule has 3 aliphatic rings. The smallest absolute Gasteiger partial charge is 0.274 e. The minimum absolute atomic E-state index is 0. The molecule has 3 saturated carbocycles. The van der Waals surface area contributed by atoms with Crippen molar-refractivity contribution in [3.05, 3.63) is 39.9 Å². The molecular formula is C20H28ClN3O3. The fraction of sp³-hybridized carbons (Fsp3) is 0.650. The molecule has 1 aromatic rings. The maximum atomic E-state index is 13.3. The van der Waals surface area contributed by atoms with Gasteiger partial charge in [0.1, 0.15) is 0 Å². The third kappa shape index (κ3) is 4.11. The normalized spacial score (nSPS) is 29.5. The largest absolute Gasteiger partial charge is 0.335 e. The number of nitrogens with zero attached hydrogens (tertiary/aromatic N) is 2. The summed E-state index contributed by atoms with van der Waals surface area (Å²) in [6.45, 7) is 0.346. The van der Waals surface area contributed by atoms with Crippen molar-refractivity contribution in [1.29, 1.82) is 0 Å². The van der Waals surface area contributed by atoms with Crippen LogP contribution in [0.25, 0.3) is 0 Å². The number of benzene rings is 1. The molecule has 0 radical (unpaired) electrons. The number of halogens is 1. The number of rotatable bonds is 5. The number of carbonyl (C=O) groups is 1. The lowest BCUT2D eigenvalue weighted by atomic mass is 9.65. The van der Waals surface area contributed by atoms with Crippen molar-refractivity contribution in [2.75, 3.05) is 0 Å². The molecule has 148 valence electrons. The van der Waals surface area contributed by atoms with Gasteiger partial charge in [-0.1, -0.05) is 24.6 Å². The summed E-state index contributed by atoms with van der Waals surface area (Å²) in [6.07, 6.45) is 7.28. The van der Waals surface area contributed by atoms with Crippen LogP contribution in [-0.4, -0.2) is 27.8 Å². The van der Waals surface area contributed by atoms with Crippen LogP contribution >= 0.6 is 12.4 Å². The lowest BCUT2D eigenvalue weighted by molar-refractivity contribution is -0.385. The molecule has 4 rings (SSSR count). The molecule has 3 fully saturated rings. The molecule has 1 amide bonds. The van der Waals surface area contributed by atoms with Crippen LogP contribution in [0.3, 0.4) is 0 Å². The van der Waals surface area contributed by atoms with Gasteiger partial charge in [-0.25, -0.2) is 0 Å². The van der Waals surface area contributed by atoms with Gasteiger partial charge in [0.05, 0.1) is 11.5 Å². The average molecular weight is 394 g/mol. The highest BCUT2D eigenvalue weighted by Crippen LogP contribution is 2.43. The van der Waals surface area contributed by atoms with Gasteiger partial charge in [0.2, 0.25) is 5.91 Å². The predicted molar refractivity (Wildman–Crippen MR) is 105 cm³/mol. The number of fused-ring (bicyclic) bond motifs is 2. The van der Waals surface area contributed by atoms with Gasteiger partial charge in [0, 0.05) is 29.6 Å². The first-order valence-electron chi connectivity index (χ1n) is 9.83. The fourth-order valence-electron chi connectivity index (χ4n) is 5.00. The van der Waals surface area contributed by atoms with E-state index in [1.54, 1.807) is 12.1 Å². The van der Waals surface area contributed by atoms with Crippen molar-refractivity contribution >= 4 is 24.0 Å². The SMILES string of the molecule is Cl.NC1C2CCCC1CC(C(=O)N(Cc1ccccc1[N+](=O)[O-])C1CC1)C2. The molecule has 6 nitrogen and oxygen atoms in total. The maximum absolute atomic E-state index is 13.3. The van der Waals surface area contributed by atoms with Gasteiger partial charge in [0.25, 0.3) is 5.69 Å². The Morgan fingerprint density at radius 3 is 2.37 bits per heavy atom. The number of nitrogens with two attached hydrogens (primary N) is 1. The molecule has 2 N–H and O–H groups in total. The van der Waals surface area contributed by atoms with Crippen LogP contribution in [0.15, 0.2) is 24.3 Å². The molecule has 0 saturated heterocycles. The number of nitro benzene ring substituents is 1. The number of hydrogen-bond donors (Lipinski definition) is 1. The molecule has 1 aromatic carbocycles. The van der Waals surface area contributed by atoms with E-state index in [0.29, 0.717) is 23.9 Å². The minimum atomic E-state index is -0.352. The standard InChI is InChI=1S/C20H27N3O3.ClH/c21-19-13-5-3-6-14(19)11-16(10-13)20(24)22(17-8-9-17)12-15-4-1-2-7-18(15)23(25)26;/h1-2,4,7,13-14,16-17,19H,3,5-6,8-12,21H2;1H. The van der Waals surface area contributed by atoms with Crippen molar-refractivity contribution in [3.8, 4) is 0 Å². The summed E-state index contributed by atoms with van der Waals surface area (Å²) >= 11 is 0. The van der Waals surface area contributed by atoms with E-state index >= 15 is 0 Å². The molecule has 0 aromatic heterocycles. The Balaban J connectivity index is 0.00000210. The van der Waals surface area contributed by atoms with Crippen LogP contribution in [-0.2, 0) is 11.3 Å². The first-order chi connectivity index (χ1) is 12.5. The Kier molecular flexibility index (Phi) is 6.06. The van der Waals surface area contributed by atoms with Crippen LogP contribution in [0.1, 0.15) is 50.5 Å². The van der Waals surface area contributed by atoms with E-state index in [1.807, 2.05) is 11.0 Å². The molecule has 2 atom stereocenters. The summed E-state index contributed by atoms with van der Waals surface area (Å²) in [5.74, 6) is 1.15. The van der Waals surface area contributed by atoms with Gasteiger partial charge in [0.15, 0.2) is 0 Å². The third-order valence-electron chi connectivity index (χ3n) is 6.56. The van der Waals surface area contributed by atoms with E-state index in [4.69, 9.17) is 5.73 Å². The first kappa shape index (κ1) is 20.1. The maximum Gasteiger partial charge on any atom is 0.274 e. The summed E-state index contributed by atoms with van der Waals surface area (Å²) < 4.78 is 0. The second-order valence-corrected chi connectivity index (χ2v) is 8.28. The van der Waals surface area contributed by atoms with Crippen molar-refractivity contribution in [3.63, 3.8) is 0 Å². The quantitative estimate of drug-likeness (QED) is 0.610.